The van der Waals surface area contributed by atoms with Gasteiger partial charge in [-0.15, -0.1) is 0 Å². The molecule has 1 amide bonds. The van der Waals surface area contributed by atoms with Crippen LogP contribution in [0, 0.1) is 6.92 Å². The lowest BCUT2D eigenvalue weighted by Crippen LogP contribution is -2.40. The van der Waals surface area contributed by atoms with Crippen LogP contribution in [0.2, 0.25) is 0 Å². The first-order valence-electron chi connectivity index (χ1n) is 6.68. The zero-order valence-electron chi connectivity index (χ0n) is 12.6. The van der Waals surface area contributed by atoms with Gasteiger partial charge in [0, 0.05) is 11.1 Å². The van der Waals surface area contributed by atoms with Crippen molar-refractivity contribution in [1.29, 1.82) is 0 Å². The molecule has 0 aromatic heterocycles. The molecule has 0 atom stereocenters. The predicted molar refractivity (Wildman–Crippen MR) is 84.0 cm³/mol. The summed E-state index contributed by atoms with van der Waals surface area (Å²) in [6.07, 6.45) is 0. The molecule has 6 nitrogen and oxygen atoms in total. The molecule has 7 heteroatoms. The van der Waals surface area contributed by atoms with Gasteiger partial charge in [0.15, 0.2) is 0 Å². The summed E-state index contributed by atoms with van der Waals surface area (Å²) in [6.45, 7) is 1.61. The van der Waals surface area contributed by atoms with E-state index in [4.69, 9.17) is 0 Å². The van der Waals surface area contributed by atoms with Crippen LogP contribution in [0.25, 0.3) is 0 Å². The smallest absolute Gasteiger partial charge is 0.274 e. The average Bonchev–Trinajstić information content (AvgIpc) is 2.55. The number of amides is 1. The molecule has 120 valence electrons. The van der Waals surface area contributed by atoms with Crippen molar-refractivity contribution in [3.8, 4) is 0 Å². The van der Waals surface area contributed by atoms with Crippen molar-refractivity contribution in [3.05, 3.63) is 71.3 Å². The Morgan fingerprint density at radius 1 is 0.957 bits per heavy atom. The number of carbonyl (C=O) groups is 2. The van der Waals surface area contributed by atoms with Crippen molar-refractivity contribution in [1.82, 2.24) is 4.47 Å². The summed E-state index contributed by atoms with van der Waals surface area (Å²) < 4.78 is 25.0. The van der Waals surface area contributed by atoms with E-state index in [1.165, 1.54) is 18.2 Å². The van der Waals surface area contributed by atoms with Gasteiger partial charge in [-0.1, -0.05) is 40.9 Å². The number of hydroxylamine groups is 1. The molecule has 2 aromatic rings. The molecule has 0 aliphatic heterocycles. The molecule has 0 aliphatic rings. The molecule has 23 heavy (non-hydrogen) atoms. The lowest BCUT2D eigenvalue weighted by Gasteiger charge is -2.18. The summed E-state index contributed by atoms with van der Waals surface area (Å²) in [5.41, 5.74) is 0.579. The van der Waals surface area contributed by atoms with E-state index >= 15 is 0 Å². The van der Waals surface area contributed by atoms with Crippen LogP contribution in [0.3, 0.4) is 0 Å². The van der Waals surface area contributed by atoms with E-state index in [2.05, 4.69) is 4.84 Å². The highest BCUT2D eigenvalue weighted by Gasteiger charge is 2.37. The second kappa shape index (κ2) is 6.72. The van der Waals surface area contributed by atoms with Crippen molar-refractivity contribution >= 4 is 21.0 Å². The molecule has 0 radical (unpaired) electrons. The summed E-state index contributed by atoms with van der Waals surface area (Å²) >= 11 is 0. The van der Waals surface area contributed by atoms with Gasteiger partial charge in [-0.2, -0.15) is 8.42 Å². The van der Waals surface area contributed by atoms with Crippen molar-refractivity contribution in [2.45, 2.75) is 6.92 Å². The highest BCUT2D eigenvalue weighted by molar-refractivity contribution is 8.04. The van der Waals surface area contributed by atoms with E-state index in [1.54, 1.807) is 43.3 Å². The highest BCUT2D eigenvalue weighted by Crippen LogP contribution is 2.17. The fourth-order valence-corrected chi connectivity index (χ4v) is 3.17. The Hall–Kier alpha value is -2.51. The van der Waals surface area contributed by atoms with E-state index in [1.807, 2.05) is 0 Å². The topological polar surface area (TPSA) is 80.8 Å². The number of nitrogens with zero attached hydrogens (tertiary/aromatic N) is 1. The van der Waals surface area contributed by atoms with Gasteiger partial charge >= 0.3 is 10.0 Å². The first-order valence-corrected chi connectivity index (χ1v) is 8.12. The van der Waals surface area contributed by atoms with E-state index in [0.717, 1.165) is 7.11 Å². The van der Waals surface area contributed by atoms with E-state index < -0.39 is 21.0 Å². The predicted octanol–water partition coefficient (Wildman–Crippen LogP) is 2.17. The minimum absolute atomic E-state index is 0.00425. The standard InChI is InChI=1S/C16H15NO5S/c1-12-8-6-7-11-14(12)16(19)23(20,21)17(22-2)15(18)13-9-4-3-5-10-13/h3-11H,1-2H3. The van der Waals surface area contributed by atoms with E-state index in [0.29, 0.717) is 5.56 Å². The van der Waals surface area contributed by atoms with Gasteiger partial charge in [-0.05, 0) is 30.7 Å². The fourth-order valence-electron chi connectivity index (χ4n) is 1.99. The minimum atomic E-state index is -4.65. The Balaban J connectivity index is 2.42. The second-order valence-electron chi connectivity index (χ2n) is 4.69. The van der Waals surface area contributed by atoms with Crippen molar-refractivity contribution in [2.24, 2.45) is 0 Å². The molecular formula is C16H15NO5S. The summed E-state index contributed by atoms with van der Waals surface area (Å²) in [5, 5.41) is -1.19. The van der Waals surface area contributed by atoms with Crippen molar-refractivity contribution < 1.29 is 22.8 Å². The van der Waals surface area contributed by atoms with Gasteiger partial charge in [0.05, 0.1) is 7.11 Å². The Morgan fingerprint density at radius 2 is 1.52 bits per heavy atom. The van der Waals surface area contributed by atoms with Crippen LogP contribution in [-0.4, -0.2) is 31.0 Å². The molecule has 0 spiro atoms. The van der Waals surface area contributed by atoms with Gasteiger partial charge in [-0.3, -0.25) is 14.4 Å². The first-order chi connectivity index (χ1) is 10.9. The molecule has 0 fully saturated rings. The molecule has 0 bridgehead atoms. The summed E-state index contributed by atoms with van der Waals surface area (Å²) in [5.74, 6) is -0.935. The average molecular weight is 333 g/mol. The molecule has 2 rings (SSSR count). The number of hydrogen-bond acceptors (Lipinski definition) is 5. The largest absolute Gasteiger partial charge is 0.328 e. The number of benzene rings is 2. The molecule has 2 aromatic carbocycles. The van der Waals surface area contributed by atoms with Gasteiger partial charge in [0.2, 0.25) is 0 Å². The van der Waals surface area contributed by atoms with E-state index in [-0.39, 0.29) is 15.6 Å². The number of sulfonamides is 1. The lowest BCUT2D eigenvalue weighted by molar-refractivity contribution is -0.0279. The van der Waals surface area contributed by atoms with Crippen LogP contribution in [-0.2, 0) is 14.9 Å². The van der Waals surface area contributed by atoms with Crippen LogP contribution >= 0.6 is 0 Å². The molecular weight excluding hydrogens is 318 g/mol. The second-order valence-corrected chi connectivity index (χ2v) is 6.34. The molecule has 0 N–H and O–H groups in total. The fraction of sp³-hybridized carbons (Fsp3) is 0.125. The minimum Gasteiger partial charge on any atom is -0.274 e. The summed E-state index contributed by atoms with van der Waals surface area (Å²) in [6, 6.07) is 13.9. The monoisotopic (exact) mass is 333 g/mol. The van der Waals surface area contributed by atoms with Gasteiger partial charge in [-0.25, -0.2) is 0 Å². The summed E-state index contributed by atoms with van der Waals surface area (Å²) in [7, 11) is -3.63. The maximum atomic E-state index is 12.5. The van der Waals surface area contributed by atoms with Crippen LogP contribution in [0.15, 0.2) is 54.6 Å². The number of hydrogen-bond donors (Lipinski definition) is 0. The van der Waals surface area contributed by atoms with Gasteiger partial charge in [0.1, 0.15) is 0 Å². The zero-order valence-corrected chi connectivity index (χ0v) is 13.4. The van der Waals surface area contributed by atoms with Gasteiger partial charge < -0.3 is 0 Å². The van der Waals surface area contributed by atoms with Crippen LogP contribution in [0.1, 0.15) is 26.3 Å². The van der Waals surface area contributed by atoms with Crippen molar-refractivity contribution in [2.75, 3.05) is 7.11 Å². The Bertz CT molecular complexity index is 831. The zero-order chi connectivity index (χ0) is 17.0. The quantitative estimate of drug-likeness (QED) is 0.804. The molecule has 0 saturated carbocycles. The Kier molecular flexibility index (Phi) is 4.92. The van der Waals surface area contributed by atoms with Gasteiger partial charge in [0.25, 0.3) is 11.0 Å². The Labute approximate surface area is 134 Å². The maximum Gasteiger partial charge on any atom is 0.328 e. The van der Waals surface area contributed by atoms with Crippen LogP contribution in [0.5, 0.6) is 0 Å². The third kappa shape index (κ3) is 3.30. The number of rotatable bonds is 3. The highest BCUT2D eigenvalue weighted by atomic mass is 32.2. The third-order valence-corrected chi connectivity index (χ3v) is 4.61. The Morgan fingerprint density at radius 3 is 2.09 bits per heavy atom. The van der Waals surface area contributed by atoms with Crippen molar-refractivity contribution in [3.63, 3.8) is 0 Å². The van der Waals surface area contributed by atoms with Crippen LogP contribution < -0.4 is 0 Å². The normalized spacial score (nSPS) is 11.0. The first kappa shape index (κ1) is 16.9. The molecule has 0 saturated heterocycles. The maximum absolute atomic E-state index is 12.5. The number of carbonyl (C=O) groups excluding carboxylic acids is 2. The third-order valence-electron chi connectivity index (χ3n) is 3.17. The SMILES string of the molecule is CON(C(=O)c1ccccc1)S(=O)(=O)C(=O)c1ccccc1C. The van der Waals surface area contributed by atoms with Crippen LogP contribution in [0.4, 0.5) is 0 Å². The van der Waals surface area contributed by atoms with E-state index in [9.17, 15) is 18.0 Å². The molecule has 0 heterocycles. The number of aryl methyl sites for hydroxylation is 1. The lowest BCUT2D eigenvalue weighted by atomic mass is 10.1. The molecule has 0 unspecified atom stereocenters. The summed E-state index contributed by atoms with van der Waals surface area (Å²) in [4.78, 5) is 29.4. The molecule has 0 aliphatic carbocycles.